The summed E-state index contributed by atoms with van der Waals surface area (Å²) in [6.07, 6.45) is 0. The summed E-state index contributed by atoms with van der Waals surface area (Å²) < 4.78 is 10.6. The fourth-order valence-electron chi connectivity index (χ4n) is 6.64. The smallest absolute Gasteiger partial charge is 0.222 e. The van der Waals surface area contributed by atoms with Gasteiger partial charge in [-0.25, -0.2) is 18.0 Å². The lowest BCUT2D eigenvalue weighted by Gasteiger charge is -2.39. The second-order valence-corrected chi connectivity index (χ2v) is 29.0. The fourth-order valence-corrected chi connectivity index (χ4v) is 48.5. The van der Waals surface area contributed by atoms with Crippen molar-refractivity contribution in [3.05, 3.63) is 72.8 Å². The van der Waals surface area contributed by atoms with E-state index in [1.54, 1.807) is 21.2 Å². The number of rotatable bonds is 3. The summed E-state index contributed by atoms with van der Waals surface area (Å²) in [7, 11) is 17.7. The molecule has 0 aromatic heterocycles. The predicted octanol–water partition coefficient (Wildman–Crippen LogP) is 5.83. The minimum Gasteiger partial charge on any atom is -0.246 e. The molecule has 2 aliphatic rings. The molecule has 0 radical (unpaired) electrons. The van der Waals surface area contributed by atoms with Crippen LogP contribution in [0.2, 0.25) is 0 Å². The molecule has 4 nitrogen and oxygen atoms in total. The topological polar surface area (TPSA) is 12.5 Å². The number of benzene rings is 4. The quantitative estimate of drug-likeness (QED) is 0.297. The van der Waals surface area contributed by atoms with Crippen LogP contribution in [0.3, 0.4) is 0 Å². The molecule has 0 saturated heterocycles. The van der Waals surface area contributed by atoms with Gasteiger partial charge in [-0.3, -0.25) is 0 Å². The molecule has 2 aliphatic heterocycles. The highest BCUT2D eigenvalue weighted by atomic mass is 32.7. The third kappa shape index (κ3) is 2.87. The highest BCUT2D eigenvalue weighted by Gasteiger charge is 2.62. The first-order chi connectivity index (χ1) is 17.2. The van der Waals surface area contributed by atoms with Gasteiger partial charge in [-0.05, 0) is 51.1 Å². The number of nitrogens with zero attached hydrogens (tertiary/aromatic N) is 4. The SMILES string of the molecule is CN(C)[P@@]1(=[N+](C)C)c2cccc3cccc(c23)[P@@]1[P@]1c2cccc3cccc(c23)[P@@]1(N(C)C)=[N+](C)C. The van der Waals surface area contributed by atoms with Crippen LogP contribution in [0.25, 0.3) is 21.5 Å². The van der Waals surface area contributed by atoms with E-state index in [4.69, 9.17) is 0 Å². The first kappa shape index (κ1) is 24.9. The van der Waals surface area contributed by atoms with Gasteiger partial charge in [0.2, 0.25) is 13.8 Å². The molecule has 0 N–H and O–H groups in total. The normalized spacial score (nSPS) is 26.5. The van der Waals surface area contributed by atoms with Crippen LogP contribution in [0.4, 0.5) is 0 Å². The largest absolute Gasteiger partial charge is 0.246 e. The zero-order valence-corrected chi connectivity index (χ0v) is 26.1. The van der Waals surface area contributed by atoms with Gasteiger partial charge in [-0.15, -0.1) is 0 Å². The Morgan fingerprint density at radius 3 is 1.17 bits per heavy atom. The Labute approximate surface area is 217 Å². The Morgan fingerprint density at radius 1 is 0.528 bits per heavy atom. The van der Waals surface area contributed by atoms with Crippen molar-refractivity contribution >= 4 is 71.1 Å². The molecule has 0 bridgehead atoms. The molecule has 0 amide bonds. The van der Waals surface area contributed by atoms with Crippen LogP contribution in [0.15, 0.2) is 72.8 Å². The molecule has 0 saturated carbocycles. The number of hydrogen-bond donors (Lipinski definition) is 0. The maximum Gasteiger partial charge on any atom is 0.222 e. The van der Waals surface area contributed by atoms with Crippen LogP contribution in [0.5, 0.6) is 0 Å². The van der Waals surface area contributed by atoms with Crippen LogP contribution < -0.4 is 21.2 Å². The van der Waals surface area contributed by atoms with Gasteiger partial charge in [0, 0.05) is 21.4 Å². The van der Waals surface area contributed by atoms with E-state index < -0.39 is 28.4 Å². The summed E-state index contributed by atoms with van der Waals surface area (Å²) in [4.78, 5) is 0. The minimum absolute atomic E-state index is 0.549. The van der Waals surface area contributed by atoms with E-state index in [1.165, 1.54) is 21.5 Å². The monoisotopic (exact) mass is 552 g/mol. The van der Waals surface area contributed by atoms with E-state index in [2.05, 4.69) is 147 Å². The van der Waals surface area contributed by atoms with E-state index in [1.807, 2.05) is 0 Å². The van der Waals surface area contributed by atoms with Crippen molar-refractivity contribution in [3.8, 4) is 0 Å². The van der Waals surface area contributed by atoms with Gasteiger partial charge in [-0.1, -0.05) is 60.7 Å². The zero-order valence-electron chi connectivity index (χ0n) is 22.5. The van der Waals surface area contributed by atoms with Crippen molar-refractivity contribution in [1.29, 1.82) is 0 Å². The molecule has 0 spiro atoms. The van der Waals surface area contributed by atoms with E-state index in [9.17, 15) is 0 Å². The van der Waals surface area contributed by atoms with E-state index in [0.717, 1.165) is 0 Å². The average Bonchev–Trinajstić information content (AvgIpc) is 3.31. The molecular formula is C28H36N4P4+2. The van der Waals surface area contributed by atoms with Gasteiger partial charge in [0.1, 0.15) is 28.2 Å². The standard InChI is InChI=1S/C28H36N4P4/c1-29(2)35(30(3)4)25-19-11-15-21-13-9-17-23(27(21)25)33(35)34-24-18-10-14-22-16-12-20-26(28(22)24)36(34,31(5)6)32(7)8/h9-20H,1-8H3/q+2/t33-,34-/m0/s1. The van der Waals surface area contributed by atoms with Gasteiger partial charge in [0.15, 0.2) is 0 Å². The van der Waals surface area contributed by atoms with E-state index in [-0.39, 0.29) is 0 Å². The maximum absolute atomic E-state index is 2.64. The molecule has 0 fully saturated rings. The van der Waals surface area contributed by atoms with Crippen LogP contribution in [0.1, 0.15) is 0 Å². The molecule has 186 valence electrons. The van der Waals surface area contributed by atoms with Gasteiger partial charge in [0.05, 0.1) is 25.2 Å². The summed E-state index contributed by atoms with van der Waals surface area (Å²) >= 11 is 0. The van der Waals surface area contributed by atoms with Crippen LogP contribution in [0, 0.1) is 0 Å². The van der Waals surface area contributed by atoms with Gasteiger partial charge < -0.3 is 0 Å². The molecule has 36 heavy (non-hydrogen) atoms. The second-order valence-electron chi connectivity index (χ2n) is 10.4. The molecule has 6 rings (SSSR count). The first-order valence-corrected chi connectivity index (χ1v) is 20.5. The van der Waals surface area contributed by atoms with Crippen molar-refractivity contribution in [1.82, 2.24) is 9.34 Å². The first-order valence-electron chi connectivity index (χ1n) is 12.3. The Bertz CT molecular complexity index is 1540. The minimum atomic E-state index is -1.87. The number of hydrogen-bond acceptors (Lipinski definition) is 0. The Hall–Kier alpha value is -1.36. The van der Waals surface area contributed by atoms with Gasteiger partial charge >= 0.3 is 0 Å². The second kappa shape index (κ2) is 8.58. The lowest BCUT2D eigenvalue weighted by atomic mass is 10.1. The zero-order chi connectivity index (χ0) is 25.6. The van der Waals surface area contributed by atoms with Crippen LogP contribution in [-0.4, -0.2) is 74.4 Å². The molecule has 0 aliphatic carbocycles. The molecule has 4 atom stereocenters. The average molecular weight is 553 g/mol. The summed E-state index contributed by atoms with van der Waals surface area (Å²) in [6.45, 7) is -3.73. The highest BCUT2D eigenvalue weighted by Crippen LogP contribution is 3.04. The Balaban J connectivity index is 1.86. The third-order valence-electron chi connectivity index (χ3n) is 7.74. The van der Waals surface area contributed by atoms with Crippen molar-refractivity contribution < 1.29 is 8.66 Å². The maximum atomic E-state index is 2.64. The fraction of sp³-hybridized carbons (Fsp3) is 0.286. The molecule has 0 unspecified atom stereocenters. The lowest BCUT2D eigenvalue weighted by molar-refractivity contribution is -0.444. The van der Waals surface area contributed by atoms with Crippen molar-refractivity contribution in [3.63, 3.8) is 0 Å². The summed E-state index contributed by atoms with van der Waals surface area (Å²) in [5.74, 6) is 0. The van der Waals surface area contributed by atoms with Gasteiger partial charge in [0.25, 0.3) is 0 Å². The lowest BCUT2D eigenvalue weighted by Crippen LogP contribution is -2.24. The van der Waals surface area contributed by atoms with Gasteiger partial charge in [-0.2, -0.15) is 0 Å². The predicted molar refractivity (Wildman–Crippen MR) is 166 cm³/mol. The molecule has 4 aromatic carbocycles. The molecule has 2 heterocycles. The third-order valence-corrected chi connectivity index (χ3v) is 38.7. The summed E-state index contributed by atoms with van der Waals surface area (Å²) in [5, 5.41) is 12.3. The Kier molecular flexibility index (Phi) is 5.94. The molecular weight excluding hydrogens is 516 g/mol. The van der Waals surface area contributed by atoms with Crippen molar-refractivity contribution in [2.75, 3.05) is 56.4 Å². The van der Waals surface area contributed by atoms with E-state index >= 15 is 0 Å². The summed E-state index contributed by atoms with van der Waals surface area (Å²) in [5.41, 5.74) is 0. The van der Waals surface area contributed by atoms with Crippen LogP contribution in [-0.2, 0) is 0 Å². The van der Waals surface area contributed by atoms with E-state index in [0.29, 0.717) is 0 Å². The molecule has 4 aromatic rings. The van der Waals surface area contributed by atoms with Crippen molar-refractivity contribution in [2.24, 2.45) is 0 Å². The van der Waals surface area contributed by atoms with Crippen molar-refractivity contribution in [2.45, 2.75) is 0 Å². The highest BCUT2D eigenvalue weighted by molar-refractivity contribution is 8.83. The summed E-state index contributed by atoms with van der Waals surface area (Å²) in [6, 6.07) is 28.3. The Morgan fingerprint density at radius 2 is 0.861 bits per heavy atom. The molecule has 8 heteroatoms. The van der Waals surface area contributed by atoms with Crippen LogP contribution >= 0.6 is 28.4 Å².